The van der Waals surface area contributed by atoms with Crippen LogP contribution in [-0.4, -0.2) is 48.4 Å². The van der Waals surface area contributed by atoms with Crippen LogP contribution < -0.4 is 5.32 Å². The minimum Gasteiger partial charge on any atom is -0.355 e. The Kier molecular flexibility index (Phi) is 6.56. The zero-order valence-electron chi connectivity index (χ0n) is 17.3. The minimum absolute atomic E-state index is 0.0803. The Morgan fingerprint density at radius 2 is 2.19 bits per heavy atom. The second-order valence-electron chi connectivity index (χ2n) is 7.56. The van der Waals surface area contributed by atoms with E-state index in [-0.39, 0.29) is 22.6 Å². The number of carbonyl (C=O) groups is 1. The minimum atomic E-state index is -3.68. The maximum Gasteiger partial charge on any atom is 0.252 e. The van der Waals surface area contributed by atoms with Gasteiger partial charge in [-0.1, -0.05) is 5.16 Å². The predicted octanol–water partition coefficient (Wildman–Crippen LogP) is 3.24. The Morgan fingerprint density at radius 3 is 2.90 bits per heavy atom. The Hall–Kier alpha value is -2.08. The summed E-state index contributed by atoms with van der Waals surface area (Å²) in [4.78, 5) is 18.1. The van der Waals surface area contributed by atoms with E-state index < -0.39 is 10.0 Å². The highest BCUT2D eigenvalue weighted by atomic mass is 32.2. The Bertz CT molecular complexity index is 1160. The van der Waals surface area contributed by atoms with Crippen molar-refractivity contribution in [1.82, 2.24) is 19.8 Å². The topological polar surface area (TPSA) is 105 Å². The molecule has 0 saturated carbocycles. The van der Waals surface area contributed by atoms with Crippen LogP contribution in [0.1, 0.15) is 29.2 Å². The van der Waals surface area contributed by atoms with Crippen molar-refractivity contribution >= 4 is 38.6 Å². The van der Waals surface area contributed by atoms with E-state index in [1.807, 2.05) is 5.38 Å². The van der Waals surface area contributed by atoms with Crippen molar-refractivity contribution in [3.63, 3.8) is 0 Å². The maximum atomic E-state index is 13.2. The summed E-state index contributed by atoms with van der Waals surface area (Å²) in [6.07, 6.45) is 2.13. The summed E-state index contributed by atoms with van der Waals surface area (Å²) in [6, 6.07) is 3.64. The van der Waals surface area contributed by atoms with Crippen LogP contribution >= 0.6 is 22.7 Å². The molecule has 0 aromatic carbocycles. The van der Waals surface area contributed by atoms with Crippen LogP contribution in [0.15, 0.2) is 31.6 Å². The average Bonchev–Trinajstić information content (AvgIpc) is 3.50. The molecule has 1 fully saturated rings. The van der Waals surface area contributed by atoms with E-state index in [9.17, 15) is 13.2 Å². The Balaban J connectivity index is 1.38. The zero-order valence-corrected chi connectivity index (χ0v) is 19.8. The van der Waals surface area contributed by atoms with Gasteiger partial charge in [-0.25, -0.2) is 8.42 Å². The van der Waals surface area contributed by atoms with E-state index in [1.54, 1.807) is 29.7 Å². The SMILES string of the molecule is Cc1nc(-c2csc(S(=O)(=O)N3CCCC(C(=O)NCCc4sccc4C)C3)c2)no1. The van der Waals surface area contributed by atoms with E-state index in [1.165, 1.54) is 14.7 Å². The summed E-state index contributed by atoms with van der Waals surface area (Å²) in [6.45, 7) is 4.91. The van der Waals surface area contributed by atoms with Crippen molar-refractivity contribution in [3.05, 3.63) is 39.2 Å². The van der Waals surface area contributed by atoms with Crippen LogP contribution in [0.25, 0.3) is 11.4 Å². The third-order valence-electron chi connectivity index (χ3n) is 5.33. The Morgan fingerprint density at radius 1 is 1.35 bits per heavy atom. The molecule has 8 nitrogen and oxygen atoms in total. The average molecular weight is 481 g/mol. The molecule has 1 unspecified atom stereocenters. The molecule has 1 aliphatic heterocycles. The molecule has 166 valence electrons. The zero-order chi connectivity index (χ0) is 22.0. The number of nitrogens with one attached hydrogen (secondary N) is 1. The molecular weight excluding hydrogens is 456 g/mol. The molecule has 3 aromatic rings. The largest absolute Gasteiger partial charge is 0.355 e. The number of hydrogen-bond acceptors (Lipinski definition) is 8. The van der Waals surface area contributed by atoms with Crippen molar-refractivity contribution < 1.29 is 17.7 Å². The molecule has 0 radical (unpaired) electrons. The van der Waals surface area contributed by atoms with E-state index in [0.29, 0.717) is 43.2 Å². The van der Waals surface area contributed by atoms with Crippen molar-refractivity contribution in [3.8, 4) is 11.4 Å². The molecule has 31 heavy (non-hydrogen) atoms. The van der Waals surface area contributed by atoms with Crippen molar-refractivity contribution in [1.29, 1.82) is 0 Å². The fourth-order valence-corrected chi connectivity index (χ4v) is 7.34. The quantitative estimate of drug-likeness (QED) is 0.557. The van der Waals surface area contributed by atoms with Gasteiger partial charge in [0.2, 0.25) is 17.6 Å². The van der Waals surface area contributed by atoms with Crippen LogP contribution in [0.5, 0.6) is 0 Å². The van der Waals surface area contributed by atoms with Crippen LogP contribution in [0, 0.1) is 19.8 Å². The van der Waals surface area contributed by atoms with Gasteiger partial charge in [0.1, 0.15) is 4.21 Å². The maximum absolute atomic E-state index is 13.2. The molecule has 1 aliphatic rings. The molecule has 4 rings (SSSR count). The van der Waals surface area contributed by atoms with Gasteiger partial charge in [0, 0.05) is 42.4 Å². The lowest BCUT2D eigenvalue weighted by Crippen LogP contribution is -2.45. The first-order valence-corrected chi connectivity index (χ1v) is 13.2. The molecule has 0 aliphatic carbocycles. The number of carbonyl (C=O) groups excluding carboxylic acids is 1. The smallest absolute Gasteiger partial charge is 0.252 e. The van der Waals surface area contributed by atoms with Crippen LogP contribution in [-0.2, 0) is 21.2 Å². The van der Waals surface area contributed by atoms with Crippen molar-refractivity contribution in [2.45, 2.75) is 37.3 Å². The number of aryl methyl sites for hydroxylation is 2. The van der Waals surface area contributed by atoms with Crippen molar-refractivity contribution in [2.24, 2.45) is 5.92 Å². The van der Waals surface area contributed by atoms with Crippen LogP contribution in [0.2, 0.25) is 0 Å². The molecule has 0 spiro atoms. The lowest BCUT2D eigenvalue weighted by atomic mass is 9.99. The molecule has 3 aromatic heterocycles. The van der Waals surface area contributed by atoms with Crippen LogP contribution in [0.4, 0.5) is 0 Å². The molecule has 1 N–H and O–H groups in total. The molecular formula is C20H24N4O4S3. The lowest BCUT2D eigenvalue weighted by molar-refractivity contribution is -0.126. The fraction of sp³-hybridized carbons (Fsp3) is 0.450. The first kappa shape index (κ1) is 22.1. The van der Waals surface area contributed by atoms with Gasteiger partial charge in [0.25, 0.3) is 10.0 Å². The first-order chi connectivity index (χ1) is 14.8. The molecule has 1 atom stereocenters. The highest BCUT2D eigenvalue weighted by molar-refractivity contribution is 7.91. The molecule has 1 saturated heterocycles. The summed E-state index contributed by atoms with van der Waals surface area (Å²) < 4.78 is 32.9. The van der Waals surface area contributed by atoms with Gasteiger partial charge < -0.3 is 9.84 Å². The van der Waals surface area contributed by atoms with Gasteiger partial charge in [0.05, 0.1) is 5.92 Å². The summed E-state index contributed by atoms with van der Waals surface area (Å²) in [5.41, 5.74) is 1.84. The van der Waals surface area contributed by atoms with E-state index in [4.69, 9.17) is 4.52 Å². The third kappa shape index (κ3) is 4.89. The highest BCUT2D eigenvalue weighted by Crippen LogP contribution is 2.31. The number of amides is 1. The summed E-state index contributed by atoms with van der Waals surface area (Å²) in [5, 5.41) is 10.6. The normalized spacial score (nSPS) is 17.7. The second kappa shape index (κ2) is 9.19. The monoisotopic (exact) mass is 480 g/mol. The lowest BCUT2D eigenvalue weighted by Gasteiger charge is -2.30. The van der Waals surface area contributed by atoms with Gasteiger partial charge >= 0.3 is 0 Å². The van der Waals surface area contributed by atoms with E-state index >= 15 is 0 Å². The second-order valence-corrected chi connectivity index (χ2v) is 11.6. The molecule has 11 heteroatoms. The standard InChI is InChI=1S/C20H24N4O4S3/c1-13-6-9-29-17(13)5-7-21-20(25)15-4-3-8-24(11-15)31(26,27)18-10-16(12-30-18)19-22-14(2)28-23-19/h6,9-10,12,15H,3-5,7-8,11H2,1-2H3,(H,21,25). The predicted molar refractivity (Wildman–Crippen MR) is 120 cm³/mol. The summed E-state index contributed by atoms with van der Waals surface area (Å²) in [7, 11) is -3.68. The summed E-state index contributed by atoms with van der Waals surface area (Å²) >= 11 is 2.81. The van der Waals surface area contributed by atoms with Gasteiger partial charge in [-0.2, -0.15) is 9.29 Å². The Labute approximate surface area is 189 Å². The number of nitrogens with zero attached hydrogens (tertiary/aromatic N) is 3. The number of hydrogen-bond donors (Lipinski definition) is 1. The van der Waals surface area contributed by atoms with Crippen LogP contribution in [0.3, 0.4) is 0 Å². The first-order valence-electron chi connectivity index (χ1n) is 10.0. The molecule has 0 bridgehead atoms. The highest BCUT2D eigenvalue weighted by Gasteiger charge is 2.34. The number of piperidine rings is 1. The molecule has 4 heterocycles. The van der Waals surface area contributed by atoms with Gasteiger partial charge in [-0.15, -0.1) is 22.7 Å². The van der Waals surface area contributed by atoms with Crippen molar-refractivity contribution in [2.75, 3.05) is 19.6 Å². The molecule has 1 amide bonds. The summed E-state index contributed by atoms with van der Waals surface area (Å²) in [5.74, 6) is 0.368. The van der Waals surface area contributed by atoms with Gasteiger partial charge in [0.15, 0.2) is 0 Å². The van der Waals surface area contributed by atoms with Gasteiger partial charge in [-0.05, 0) is 49.3 Å². The van der Waals surface area contributed by atoms with E-state index in [2.05, 4.69) is 28.4 Å². The third-order valence-corrected chi connectivity index (χ3v) is 9.69. The van der Waals surface area contributed by atoms with Gasteiger partial charge in [-0.3, -0.25) is 4.79 Å². The number of rotatable bonds is 7. The fourth-order valence-electron chi connectivity index (χ4n) is 3.59. The number of aromatic nitrogens is 2. The number of thiophene rings is 2. The number of sulfonamides is 1. The van der Waals surface area contributed by atoms with E-state index in [0.717, 1.165) is 17.8 Å².